The van der Waals surface area contributed by atoms with Gasteiger partial charge in [-0.25, -0.2) is 4.98 Å². The number of β-amino-alcohol motifs (C(OH)–C–C–N with tert-alkyl or cyclic N) is 1. The summed E-state index contributed by atoms with van der Waals surface area (Å²) in [5.41, 5.74) is 0. The number of aliphatic hydroxyl groups excluding tert-OH is 1. The van der Waals surface area contributed by atoms with Gasteiger partial charge in [-0.1, -0.05) is 0 Å². The molecule has 136 valence electrons. The van der Waals surface area contributed by atoms with Gasteiger partial charge < -0.3 is 14.4 Å². The Kier molecular flexibility index (Phi) is 6.24. The highest BCUT2D eigenvalue weighted by atomic mass is 16.5. The predicted octanol–water partition coefficient (Wildman–Crippen LogP) is -0.381. The van der Waals surface area contributed by atoms with E-state index in [1.54, 1.807) is 0 Å². The summed E-state index contributed by atoms with van der Waals surface area (Å²) in [5.74, 6) is 1.11. The zero-order chi connectivity index (χ0) is 16.9. The predicted molar refractivity (Wildman–Crippen MR) is 92.8 cm³/mol. The van der Waals surface area contributed by atoms with Gasteiger partial charge in [0.05, 0.1) is 25.9 Å². The first-order chi connectivity index (χ1) is 11.6. The van der Waals surface area contributed by atoms with E-state index < -0.39 is 0 Å². The molecule has 2 saturated heterocycles. The van der Waals surface area contributed by atoms with E-state index in [0.717, 1.165) is 71.4 Å². The fourth-order valence-electron chi connectivity index (χ4n) is 3.64. The minimum atomic E-state index is -0.281. The summed E-state index contributed by atoms with van der Waals surface area (Å²) in [6, 6.07) is 0.478. The van der Waals surface area contributed by atoms with Crippen LogP contribution in [0.2, 0.25) is 0 Å². The molecule has 0 bridgehead atoms. The van der Waals surface area contributed by atoms with Crippen LogP contribution < -0.4 is 0 Å². The average molecular weight is 337 g/mol. The van der Waals surface area contributed by atoms with E-state index in [4.69, 9.17) is 4.74 Å². The Labute approximate surface area is 144 Å². The minimum absolute atomic E-state index is 0.281. The van der Waals surface area contributed by atoms with Crippen LogP contribution in [0.3, 0.4) is 0 Å². The van der Waals surface area contributed by atoms with E-state index in [1.807, 2.05) is 19.4 Å². The number of aromatic nitrogens is 2. The Morgan fingerprint density at radius 2 is 1.96 bits per heavy atom. The van der Waals surface area contributed by atoms with Crippen molar-refractivity contribution in [2.24, 2.45) is 7.05 Å². The summed E-state index contributed by atoms with van der Waals surface area (Å²) >= 11 is 0. The van der Waals surface area contributed by atoms with Crippen molar-refractivity contribution < 1.29 is 9.84 Å². The Balaban J connectivity index is 1.42. The summed E-state index contributed by atoms with van der Waals surface area (Å²) in [6.45, 7) is 11.2. The van der Waals surface area contributed by atoms with Crippen molar-refractivity contribution in [2.45, 2.75) is 25.6 Å². The number of imidazole rings is 1. The van der Waals surface area contributed by atoms with Gasteiger partial charge in [-0.05, 0) is 6.92 Å². The van der Waals surface area contributed by atoms with Gasteiger partial charge in [0, 0.05) is 71.3 Å². The molecular weight excluding hydrogens is 306 g/mol. The van der Waals surface area contributed by atoms with Crippen LogP contribution in [0.5, 0.6) is 0 Å². The van der Waals surface area contributed by atoms with Crippen LogP contribution in [0.15, 0.2) is 12.4 Å². The van der Waals surface area contributed by atoms with Gasteiger partial charge in [-0.2, -0.15) is 0 Å². The van der Waals surface area contributed by atoms with Gasteiger partial charge in [0.2, 0.25) is 0 Å². The summed E-state index contributed by atoms with van der Waals surface area (Å²) in [6.07, 6.45) is 3.58. The molecule has 0 aliphatic carbocycles. The molecule has 2 aliphatic rings. The molecule has 0 aromatic carbocycles. The van der Waals surface area contributed by atoms with Crippen LogP contribution in [0, 0.1) is 0 Å². The first-order valence-electron chi connectivity index (χ1n) is 9.02. The zero-order valence-corrected chi connectivity index (χ0v) is 15.0. The second kappa shape index (κ2) is 8.40. The number of piperazine rings is 1. The lowest BCUT2D eigenvalue weighted by Gasteiger charge is -2.40. The molecule has 2 aliphatic heterocycles. The zero-order valence-electron chi connectivity index (χ0n) is 15.0. The molecule has 1 aromatic rings. The molecule has 0 radical (unpaired) electrons. The second-order valence-electron chi connectivity index (χ2n) is 7.10. The maximum absolute atomic E-state index is 10.4. The fraction of sp³-hybridized carbons (Fsp3) is 0.824. The molecule has 2 fully saturated rings. The highest BCUT2D eigenvalue weighted by molar-refractivity contribution is 4.93. The first-order valence-corrected chi connectivity index (χ1v) is 9.02. The highest BCUT2D eigenvalue weighted by Crippen LogP contribution is 2.13. The molecule has 7 heteroatoms. The molecule has 0 unspecified atom stereocenters. The van der Waals surface area contributed by atoms with E-state index >= 15 is 0 Å². The van der Waals surface area contributed by atoms with Crippen LogP contribution >= 0.6 is 0 Å². The number of aliphatic hydroxyl groups is 1. The topological polar surface area (TPSA) is 57.0 Å². The number of aryl methyl sites for hydroxylation is 1. The quantitative estimate of drug-likeness (QED) is 0.764. The van der Waals surface area contributed by atoms with Gasteiger partial charge >= 0.3 is 0 Å². The van der Waals surface area contributed by atoms with Gasteiger partial charge in [-0.3, -0.25) is 14.7 Å². The number of ether oxygens (including phenoxy) is 1. The van der Waals surface area contributed by atoms with Crippen LogP contribution in [0.25, 0.3) is 0 Å². The smallest absolute Gasteiger partial charge is 0.122 e. The number of hydrogen-bond acceptors (Lipinski definition) is 6. The van der Waals surface area contributed by atoms with E-state index in [0.29, 0.717) is 6.04 Å². The Morgan fingerprint density at radius 1 is 1.21 bits per heavy atom. The van der Waals surface area contributed by atoms with Crippen LogP contribution in [0.1, 0.15) is 12.7 Å². The molecular formula is C17H31N5O2. The molecule has 1 N–H and O–H groups in total. The van der Waals surface area contributed by atoms with Crippen LogP contribution in [-0.2, 0) is 18.3 Å². The molecule has 24 heavy (non-hydrogen) atoms. The fourth-order valence-corrected chi connectivity index (χ4v) is 3.64. The monoisotopic (exact) mass is 337 g/mol. The molecule has 1 aromatic heterocycles. The summed E-state index contributed by atoms with van der Waals surface area (Å²) < 4.78 is 7.45. The van der Waals surface area contributed by atoms with Crippen molar-refractivity contribution in [2.75, 3.05) is 59.0 Å². The van der Waals surface area contributed by atoms with E-state index in [9.17, 15) is 5.11 Å². The molecule has 2 atom stereocenters. The van der Waals surface area contributed by atoms with Crippen LogP contribution in [-0.4, -0.2) is 101 Å². The number of rotatable bonds is 6. The van der Waals surface area contributed by atoms with Crippen molar-refractivity contribution in [3.05, 3.63) is 18.2 Å². The lowest BCUT2D eigenvalue weighted by atomic mass is 10.1. The standard InChI is InChI=1S/C17H31N5O2/c1-15-11-21(13-16(23)12-20-7-9-24-10-8-20)5-6-22(15)14-17-18-3-4-19(17)2/h3-4,15-16,23H,5-14H2,1-2H3/t15-,16-/m0/s1. The van der Waals surface area contributed by atoms with Crippen molar-refractivity contribution in [1.82, 2.24) is 24.3 Å². The van der Waals surface area contributed by atoms with Crippen LogP contribution in [0.4, 0.5) is 0 Å². The molecule has 0 spiro atoms. The SMILES string of the molecule is C[C@H]1CN(C[C@@H](O)CN2CCOCC2)CCN1Cc1nccn1C. The van der Waals surface area contributed by atoms with Gasteiger partial charge in [0.25, 0.3) is 0 Å². The Morgan fingerprint density at radius 3 is 2.62 bits per heavy atom. The molecule has 3 heterocycles. The Hall–Kier alpha value is -0.990. The summed E-state index contributed by atoms with van der Waals surface area (Å²) in [7, 11) is 2.05. The molecule has 3 rings (SSSR count). The molecule has 7 nitrogen and oxygen atoms in total. The van der Waals surface area contributed by atoms with Crippen molar-refractivity contribution in [3.8, 4) is 0 Å². The average Bonchev–Trinajstić information content (AvgIpc) is 2.96. The number of nitrogens with zero attached hydrogens (tertiary/aromatic N) is 5. The van der Waals surface area contributed by atoms with Crippen molar-refractivity contribution in [3.63, 3.8) is 0 Å². The molecule has 0 amide bonds. The largest absolute Gasteiger partial charge is 0.390 e. The number of hydrogen-bond donors (Lipinski definition) is 1. The van der Waals surface area contributed by atoms with Gasteiger partial charge in [0.1, 0.15) is 5.82 Å². The third-order valence-electron chi connectivity index (χ3n) is 5.16. The minimum Gasteiger partial charge on any atom is -0.390 e. The first kappa shape index (κ1) is 17.8. The molecule has 0 saturated carbocycles. The third-order valence-corrected chi connectivity index (χ3v) is 5.16. The maximum Gasteiger partial charge on any atom is 0.122 e. The van der Waals surface area contributed by atoms with E-state index in [2.05, 4.69) is 31.2 Å². The van der Waals surface area contributed by atoms with Gasteiger partial charge in [0.15, 0.2) is 0 Å². The third kappa shape index (κ3) is 4.77. The lowest BCUT2D eigenvalue weighted by molar-refractivity contribution is -0.00330. The van der Waals surface area contributed by atoms with E-state index in [1.165, 1.54) is 0 Å². The van der Waals surface area contributed by atoms with E-state index in [-0.39, 0.29) is 6.10 Å². The van der Waals surface area contributed by atoms with Crippen molar-refractivity contribution >= 4 is 0 Å². The normalized spacial score (nSPS) is 25.9. The van der Waals surface area contributed by atoms with Gasteiger partial charge in [-0.15, -0.1) is 0 Å². The summed E-state index contributed by atoms with van der Waals surface area (Å²) in [5, 5.41) is 10.4. The Bertz CT molecular complexity index is 503. The maximum atomic E-state index is 10.4. The number of morpholine rings is 1. The lowest BCUT2D eigenvalue weighted by Crippen LogP contribution is -2.54. The highest BCUT2D eigenvalue weighted by Gasteiger charge is 2.26. The second-order valence-corrected chi connectivity index (χ2v) is 7.10. The van der Waals surface area contributed by atoms with Crippen molar-refractivity contribution in [1.29, 1.82) is 0 Å². The summed E-state index contributed by atoms with van der Waals surface area (Å²) in [4.78, 5) is 11.6.